The first kappa shape index (κ1) is 15.5. The standard InChI is InChI=1S/C14H14F3NO3/c15-14(16,17)13(20)18-7-6-11(19)12(8-18)21-9-10-4-2-1-3-5-10/h1-5,12H,6-9H2/t12-/m1/s1. The average molecular weight is 301 g/mol. The maximum absolute atomic E-state index is 12.4. The van der Waals surface area contributed by atoms with Gasteiger partial charge in [0.1, 0.15) is 6.10 Å². The molecule has 1 fully saturated rings. The summed E-state index contributed by atoms with van der Waals surface area (Å²) in [7, 11) is 0. The maximum Gasteiger partial charge on any atom is 0.471 e. The van der Waals surface area contributed by atoms with Gasteiger partial charge in [0, 0.05) is 13.0 Å². The largest absolute Gasteiger partial charge is 0.471 e. The fraction of sp³-hybridized carbons (Fsp3) is 0.429. The number of halogens is 3. The molecule has 1 amide bonds. The van der Waals surface area contributed by atoms with Crippen LogP contribution in [0.3, 0.4) is 0 Å². The minimum Gasteiger partial charge on any atom is -0.364 e. The summed E-state index contributed by atoms with van der Waals surface area (Å²) in [5, 5.41) is 0. The van der Waals surface area contributed by atoms with Gasteiger partial charge in [0.15, 0.2) is 5.78 Å². The van der Waals surface area contributed by atoms with E-state index in [0.29, 0.717) is 4.90 Å². The third-order valence-electron chi connectivity index (χ3n) is 3.20. The molecular weight excluding hydrogens is 287 g/mol. The van der Waals surface area contributed by atoms with Crippen molar-refractivity contribution in [2.45, 2.75) is 25.3 Å². The molecule has 1 aromatic carbocycles. The first-order valence-electron chi connectivity index (χ1n) is 6.42. The summed E-state index contributed by atoms with van der Waals surface area (Å²) in [5.74, 6) is -2.21. The summed E-state index contributed by atoms with van der Waals surface area (Å²) in [6.45, 7) is -0.461. The third-order valence-corrected chi connectivity index (χ3v) is 3.20. The lowest BCUT2D eigenvalue weighted by Gasteiger charge is -2.32. The van der Waals surface area contributed by atoms with Crippen LogP contribution in [-0.2, 0) is 20.9 Å². The zero-order valence-electron chi connectivity index (χ0n) is 11.1. The average Bonchev–Trinajstić information content (AvgIpc) is 2.46. The van der Waals surface area contributed by atoms with E-state index in [0.717, 1.165) is 5.56 Å². The molecule has 0 spiro atoms. The van der Waals surface area contributed by atoms with E-state index < -0.39 is 18.2 Å². The Hall–Kier alpha value is -1.89. The van der Waals surface area contributed by atoms with Crippen molar-refractivity contribution in [3.05, 3.63) is 35.9 Å². The van der Waals surface area contributed by atoms with Gasteiger partial charge < -0.3 is 9.64 Å². The maximum atomic E-state index is 12.4. The SMILES string of the molecule is O=C1CCN(C(=O)C(F)(F)F)C[C@H]1OCc1ccccc1. The van der Waals surface area contributed by atoms with E-state index in [4.69, 9.17) is 4.74 Å². The molecule has 0 aliphatic carbocycles. The molecule has 1 atom stereocenters. The Morgan fingerprint density at radius 1 is 1.29 bits per heavy atom. The molecule has 4 nitrogen and oxygen atoms in total. The highest BCUT2D eigenvalue weighted by atomic mass is 19.4. The Bertz CT molecular complexity index is 516. The molecular formula is C14H14F3NO3. The van der Waals surface area contributed by atoms with Crippen molar-refractivity contribution in [3.8, 4) is 0 Å². The lowest BCUT2D eigenvalue weighted by atomic mass is 10.1. The molecule has 1 aromatic rings. The van der Waals surface area contributed by atoms with Crippen molar-refractivity contribution in [1.29, 1.82) is 0 Å². The lowest BCUT2D eigenvalue weighted by molar-refractivity contribution is -0.189. The number of hydrogen-bond donors (Lipinski definition) is 0. The summed E-state index contributed by atoms with van der Waals surface area (Å²) in [4.78, 5) is 23.5. The van der Waals surface area contributed by atoms with Gasteiger partial charge in [0.25, 0.3) is 0 Å². The van der Waals surface area contributed by atoms with Gasteiger partial charge in [0.2, 0.25) is 0 Å². The molecule has 1 saturated heterocycles. The van der Waals surface area contributed by atoms with Crippen molar-refractivity contribution >= 4 is 11.7 Å². The fourth-order valence-electron chi connectivity index (χ4n) is 2.08. The summed E-state index contributed by atoms with van der Waals surface area (Å²) < 4.78 is 42.5. The van der Waals surface area contributed by atoms with E-state index in [-0.39, 0.29) is 31.9 Å². The Morgan fingerprint density at radius 2 is 1.95 bits per heavy atom. The number of carbonyl (C=O) groups excluding carboxylic acids is 2. The highest BCUT2D eigenvalue weighted by molar-refractivity contribution is 5.88. The number of amides is 1. The molecule has 7 heteroatoms. The van der Waals surface area contributed by atoms with Gasteiger partial charge in [-0.25, -0.2) is 0 Å². The second kappa shape index (κ2) is 6.26. The molecule has 0 unspecified atom stereocenters. The normalized spacial score (nSPS) is 19.7. The van der Waals surface area contributed by atoms with Crippen molar-refractivity contribution in [2.75, 3.05) is 13.1 Å². The molecule has 0 aromatic heterocycles. The number of hydrogen-bond acceptors (Lipinski definition) is 3. The smallest absolute Gasteiger partial charge is 0.364 e. The minimum atomic E-state index is -4.93. The highest BCUT2D eigenvalue weighted by Crippen LogP contribution is 2.21. The molecule has 21 heavy (non-hydrogen) atoms. The molecule has 2 rings (SSSR count). The first-order valence-corrected chi connectivity index (χ1v) is 6.42. The zero-order valence-corrected chi connectivity index (χ0v) is 11.1. The molecule has 1 aliphatic heterocycles. The van der Waals surface area contributed by atoms with Gasteiger partial charge >= 0.3 is 12.1 Å². The fourth-order valence-corrected chi connectivity index (χ4v) is 2.08. The number of piperidine rings is 1. The van der Waals surface area contributed by atoms with Crippen molar-refractivity contribution in [3.63, 3.8) is 0 Å². The Kier molecular flexibility index (Phi) is 4.62. The first-order chi connectivity index (χ1) is 9.88. The lowest BCUT2D eigenvalue weighted by Crippen LogP contribution is -2.51. The van der Waals surface area contributed by atoms with Gasteiger partial charge in [-0.05, 0) is 5.56 Å². The second-order valence-corrected chi connectivity index (χ2v) is 4.75. The van der Waals surface area contributed by atoms with Crippen LogP contribution in [0.25, 0.3) is 0 Å². The van der Waals surface area contributed by atoms with E-state index in [1.54, 1.807) is 24.3 Å². The van der Waals surface area contributed by atoms with Crippen LogP contribution >= 0.6 is 0 Å². The molecule has 114 valence electrons. The number of ether oxygens (including phenoxy) is 1. The number of benzene rings is 1. The van der Waals surface area contributed by atoms with E-state index in [1.807, 2.05) is 6.07 Å². The van der Waals surface area contributed by atoms with Crippen molar-refractivity contribution < 1.29 is 27.5 Å². The number of ketones is 1. The number of Topliss-reactive ketones (excluding diaryl/α,β-unsaturated/α-hetero) is 1. The number of alkyl halides is 3. The van der Waals surface area contributed by atoms with Gasteiger partial charge in [-0.15, -0.1) is 0 Å². The van der Waals surface area contributed by atoms with Crippen LogP contribution in [0.2, 0.25) is 0 Å². The second-order valence-electron chi connectivity index (χ2n) is 4.75. The summed E-state index contributed by atoms with van der Waals surface area (Å²) >= 11 is 0. The van der Waals surface area contributed by atoms with E-state index in [9.17, 15) is 22.8 Å². The van der Waals surface area contributed by atoms with E-state index in [1.165, 1.54) is 0 Å². The van der Waals surface area contributed by atoms with Gasteiger partial charge in [-0.2, -0.15) is 13.2 Å². The highest BCUT2D eigenvalue weighted by Gasteiger charge is 2.45. The van der Waals surface area contributed by atoms with Crippen LogP contribution in [0.1, 0.15) is 12.0 Å². The Balaban J connectivity index is 1.95. The molecule has 1 heterocycles. The summed E-state index contributed by atoms with van der Waals surface area (Å²) in [5.41, 5.74) is 0.810. The topological polar surface area (TPSA) is 46.6 Å². The van der Waals surface area contributed by atoms with Crippen LogP contribution in [-0.4, -0.2) is 42.0 Å². The zero-order chi connectivity index (χ0) is 15.5. The minimum absolute atomic E-state index is 0.116. The Morgan fingerprint density at radius 3 is 2.57 bits per heavy atom. The van der Waals surface area contributed by atoms with Gasteiger partial charge in [-0.1, -0.05) is 30.3 Å². The predicted molar refractivity (Wildman–Crippen MR) is 67.3 cm³/mol. The summed E-state index contributed by atoms with van der Waals surface area (Å²) in [6, 6.07) is 8.97. The van der Waals surface area contributed by atoms with Crippen molar-refractivity contribution in [2.24, 2.45) is 0 Å². The molecule has 1 aliphatic rings. The number of likely N-dealkylation sites (tertiary alicyclic amines) is 1. The van der Waals surface area contributed by atoms with Crippen LogP contribution in [0.15, 0.2) is 30.3 Å². The number of rotatable bonds is 3. The summed E-state index contributed by atoms with van der Waals surface area (Å²) in [6.07, 6.45) is -6.06. The van der Waals surface area contributed by atoms with Crippen LogP contribution in [0.4, 0.5) is 13.2 Å². The predicted octanol–water partition coefficient (Wildman–Crippen LogP) is 1.94. The molecule has 0 bridgehead atoms. The molecule has 0 radical (unpaired) electrons. The number of nitrogens with zero attached hydrogens (tertiary/aromatic N) is 1. The van der Waals surface area contributed by atoms with Gasteiger partial charge in [-0.3, -0.25) is 9.59 Å². The van der Waals surface area contributed by atoms with E-state index >= 15 is 0 Å². The van der Waals surface area contributed by atoms with Crippen LogP contribution < -0.4 is 0 Å². The molecule has 0 saturated carbocycles. The van der Waals surface area contributed by atoms with Crippen LogP contribution in [0.5, 0.6) is 0 Å². The number of carbonyl (C=O) groups is 2. The Labute approximate surface area is 119 Å². The van der Waals surface area contributed by atoms with Gasteiger partial charge in [0.05, 0.1) is 13.2 Å². The molecule has 0 N–H and O–H groups in total. The van der Waals surface area contributed by atoms with Crippen LogP contribution in [0, 0.1) is 0 Å². The monoisotopic (exact) mass is 301 g/mol. The van der Waals surface area contributed by atoms with Crippen molar-refractivity contribution in [1.82, 2.24) is 4.90 Å². The third kappa shape index (κ3) is 4.04. The quantitative estimate of drug-likeness (QED) is 0.857. The van der Waals surface area contributed by atoms with E-state index in [2.05, 4.69) is 0 Å².